The van der Waals surface area contributed by atoms with Crippen molar-refractivity contribution in [3.05, 3.63) is 0 Å². The number of hydrogen-bond acceptors (Lipinski definition) is 4. The molecule has 0 atom stereocenters. The van der Waals surface area contributed by atoms with Gasteiger partial charge in [0.2, 0.25) is 0 Å². The summed E-state index contributed by atoms with van der Waals surface area (Å²) in [5, 5.41) is 0. The van der Waals surface area contributed by atoms with Gasteiger partial charge in [-0.15, -0.1) is 0 Å². The summed E-state index contributed by atoms with van der Waals surface area (Å²) in [6, 6.07) is 0. The van der Waals surface area contributed by atoms with E-state index in [0.717, 1.165) is 0 Å². The number of hydrogen-bond donors (Lipinski definition) is 0. The van der Waals surface area contributed by atoms with E-state index < -0.39 is 25.4 Å². The van der Waals surface area contributed by atoms with Crippen molar-refractivity contribution in [1.82, 2.24) is 0 Å². The highest BCUT2D eigenvalue weighted by Crippen LogP contribution is 2.23. The third-order valence-corrected chi connectivity index (χ3v) is 9.68. The fourth-order valence-electron chi connectivity index (χ4n) is 1.37. The van der Waals surface area contributed by atoms with Crippen molar-refractivity contribution in [2.75, 3.05) is 0 Å². The smallest absolute Gasteiger partial charge is 0.415 e. The minimum atomic E-state index is -2.73. The van der Waals surface area contributed by atoms with Crippen LogP contribution >= 0.6 is 0 Å². The topological polar surface area (TPSA) is 36.9 Å². The summed E-state index contributed by atoms with van der Waals surface area (Å²) in [6.45, 7) is 20.6. The SMILES string of the molecule is CC(C)(C)OO[Si](C)(O[Si](C)(C)C)O[Si](C)(C)C. The largest absolute Gasteiger partial charge is 0.506 e. The summed E-state index contributed by atoms with van der Waals surface area (Å²) in [4.78, 5) is 5.44. The fraction of sp³-hybridized carbons (Fsp3) is 1.00. The molecule has 0 radical (unpaired) electrons. The molecule has 0 spiro atoms. The van der Waals surface area contributed by atoms with Crippen LogP contribution in [-0.4, -0.2) is 31.0 Å². The summed E-state index contributed by atoms with van der Waals surface area (Å²) in [5.41, 5.74) is -0.361. The second-order valence-corrected chi connectivity index (χ2v) is 19.5. The van der Waals surface area contributed by atoms with Crippen LogP contribution in [0.1, 0.15) is 20.8 Å². The average molecular weight is 311 g/mol. The van der Waals surface area contributed by atoms with Crippen molar-refractivity contribution in [2.24, 2.45) is 0 Å². The molecule has 0 aliphatic rings. The molecule has 0 fully saturated rings. The van der Waals surface area contributed by atoms with Gasteiger partial charge in [-0.3, -0.25) is 0 Å². The molecule has 0 aromatic heterocycles. The molecule has 110 valence electrons. The third-order valence-electron chi connectivity index (χ3n) is 1.43. The molecule has 0 unspecified atom stereocenters. The van der Waals surface area contributed by atoms with Gasteiger partial charge in [0.25, 0.3) is 0 Å². The zero-order valence-corrected chi connectivity index (χ0v) is 16.6. The standard InChI is InChI=1S/C11H30O4Si3/c1-11(2,3)12-13-18(10,14-16(4,5)6)15-17(7,8)9/h1-10H3. The summed E-state index contributed by atoms with van der Waals surface area (Å²) in [5.74, 6) is 0. The molecule has 18 heavy (non-hydrogen) atoms. The van der Waals surface area contributed by atoms with Crippen molar-refractivity contribution in [3.8, 4) is 0 Å². The van der Waals surface area contributed by atoms with E-state index in [9.17, 15) is 0 Å². The van der Waals surface area contributed by atoms with Crippen molar-refractivity contribution in [1.29, 1.82) is 0 Å². The molecule has 0 aromatic rings. The normalized spacial score (nSPS) is 15.0. The zero-order chi connectivity index (χ0) is 14.8. The predicted octanol–water partition coefficient (Wildman–Crippen LogP) is 4.00. The Hall–Kier alpha value is 0.491. The van der Waals surface area contributed by atoms with E-state index in [2.05, 4.69) is 39.3 Å². The minimum absolute atomic E-state index is 0.361. The van der Waals surface area contributed by atoms with E-state index in [1.807, 2.05) is 27.3 Å². The van der Waals surface area contributed by atoms with Gasteiger partial charge in [0, 0.05) is 6.55 Å². The molecule has 0 aromatic carbocycles. The van der Waals surface area contributed by atoms with E-state index in [0.29, 0.717) is 0 Å². The lowest BCUT2D eigenvalue weighted by atomic mass is 10.2. The van der Waals surface area contributed by atoms with Gasteiger partial charge in [-0.2, -0.15) is 0 Å². The van der Waals surface area contributed by atoms with Crippen molar-refractivity contribution >= 4 is 25.4 Å². The highest BCUT2D eigenvalue weighted by molar-refractivity contribution is 6.85. The van der Waals surface area contributed by atoms with Gasteiger partial charge in [-0.05, 0) is 60.1 Å². The van der Waals surface area contributed by atoms with Crippen LogP contribution in [0, 0.1) is 0 Å². The molecular formula is C11H30O4Si3. The lowest BCUT2D eigenvalue weighted by Gasteiger charge is -2.37. The van der Waals surface area contributed by atoms with E-state index in [-0.39, 0.29) is 5.60 Å². The Bertz CT molecular complexity index is 247. The Labute approximate surface area is 116 Å². The van der Waals surface area contributed by atoms with Gasteiger partial charge in [0.15, 0.2) is 16.6 Å². The number of rotatable bonds is 6. The van der Waals surface area contributed by atoms with Gasteiger partial charge < -0.3 is 8.23 Å². The first-order valence-electron chi connectivity index (χ1n) is 6.39. The Kier molecular flexibility index (Phi) is 6.02. The molecule has 0 aliphatic carbocycles. The molecule has 0 amide bonds. The van der Waals surface area contributed by atoms with E-state index in [1.54, 1.807) is 0 Å². The van der Waals surface area contributed by atoms with Crippen LogP contribution in [-0.2, 0) is 17.7 Å². The third kappa shape index (κ3) is 10.4. The highest BCUT2D eigenvalue weighted by Gasteiger charge is 2.45. The zero-order valence-electron chi connectivity index (χ0n) is 13.6. The molecule has 4 nitrogen and oxygen atoms in total. The molecule has 0 aliphatic heterocycles. The minimum Gasteiger partial charge on any atom is -0.415 e. The lowest BCUT2D eigenvalue weighted by molar-refractivity contribution is -0.301. The Morgan fingerprint density at radius 1 is 0.667 bits per heavy atom. The highest BCUT2D eigenvalue weighted by atomic mass is 28.5. The predicted molar refractivity (Wildman–Crippen MR) is 82.4 cm³/mol. The molecule has 0 N–H and O–H groups in total. The average Bonchev–Trinajstić information content (AvgIpc) is 1.91. The van der Waals surface area contributed by atoms with Crippen molar-refractivity contribution in [3.63, 3.8) is 0 Å². The Morgan fingerprint density at radius 2 is 1.00 bits per heavy atom. The first-order chi connectivity index (χ1) is 7.62. The molecule has 0 heterocycles. The van der Waals surface area contributed by atoms with E-state index >= 15 is 0 Å². The fourth-order valence-corrected chi connectivity index (χ4v) is 11.5. The molecule has 0 saturated carbocycles. The maximum absolute atomic E-state index is 6.14. The quantitative estimate of drug-likeness (QED) is 0.422. The summed E-state index contributed by atoms with van der Waals surface area (Å²) in [7, 11) is -6.20. The van der Waals surface area contributed by atoms with Gasteiger partial charge in [0.05, 0.1) is 5.60 Å². The molecule has 7 heteroatoms. The summed E-state index contributed by atoms with van der Waals surface area (Å²) < 4.78 is 17.9. The maximum Gasteiger partial charge on any atom is 0.506 e. The van der Waals surface area contributed by atoms with Crippen LogP contribution in [0.5, 0.6) is 0 Å². The van der Waals surface area contributed by atoms with E-state index in [1.165, 1.54) is 0 Å². The first kappa shape index (κ1) is 18.5. The summed E-state index contributed by atoms with van der Waals surface area (Å²) >= 11 is 0. The van der Waals surface area contributed by atoms with Crippen LogP contribution in [0.3, 0.4) is 0 Å². The molecular weight excluding hydrogens is 280 g/mol. The maximum atomic E-state index is 6.14. The Morgan fingerprint density at radius 3 is 1.22 bits per heavy atom. The monoisotopic (exact) mass is 310 g/mol. The molecule has 0 saturated heterocycles. The Balaban J connectivity index is 4.81. The van der Waals surface area contributed by atoms with Gasteiger partial charge in [-0.1, -0.05) is 0 Å². The van der Waals surface area contributed by atoms with Crippen molar-refractivity contribution in [2.45, 2.75) is 72.2 Å². The molecule has 0 bridgehead atoms. The second-order valence-electron chi connectivity index (χ2n) is 7.57. The first-order valence-corrected chi connectivity index (χ1v) is 15.4. The van der Waals surface area contributed by atoms with Gasteiger partial charge in [-0.25, -0.2) is 9.46 Å². The molecule has 0 rings (SSSR count). The second kappa shape index (κ2) is 5.86. The van der Waals surface area contributed by atoms with E-state index in [4.69, 9.17) is 17.7 Å². The van der Waals surface area contributed by atoms with Crippen LogP contribution in [0.2, 0.25) is 45.8 Å². The van der Waals surface area contributed by atoms with Crippen molar-refractivity contribution < 1.29 is 17.7 Å². The van der Waals surface area contributed by atoms with Crippen LogP contribution in [0.4, 0.5) is 0 Å². The van der Waals surface area contributed by atoms with Crippen LogP contribution < -0.4 is 0 Å². The van der Waals surface area contributed by atoms with Crippen LogP contribution in [0.25, 0.3) is 0 Å². The summed E-state index contributed by atoms with van der Waals surface area (Å²) in [6.07, 6.45) is 0. The van der Waals surface area contributed by atoms with Gasteiger partial charge in [0.1, 0.15) is 0 Å². The van der Waals surface area contributed by atoms with Gasteiger partial charge >= 0.3 is 8.80 Å². The van der Waals surface area contributed by atoms with Crippen LogP contribution in [0.15, 0.2) is 0 Å². The lowest BCUT2D eigenvalue weighted by Crippen LogP contribution is -2.55.